The average molecular weight is 302 g/mol. The van der Waals surface area contributed by atoms with E-state index in [4.69, 9.17) is 4.74 Å². The van der Waals surface area contributed by atoms with Gasteiger partial charge in [-0.2, -0.15) is 0 Å². The Morgan fingerprint density at radius 1 is 0.652 bits per heavy atom. The highest BCUT2D eigenvalue weighted by molar-refractivity contribution is 5.41. The minimum Gasteiger partial charge on any atom is -0.457 e. The summed E-state index contributed by atoms with van der Waals surface area (Å²) in [5.74, 6) is 1.77. The third-order valence-electron chi connectivity index (χ3n) is 4.09. The summed E-state index contributed by atoms with van der Waals surface area (Å²) in [6, 6.07) is 23.2. The van der Waals surface area contributed by atoms with E-state index in [9.17, 15) is 0 Å². The number of ether oxygens (including phenoxy) is 1. The molecule has 116 valence electrons. The quantitative estimate of drug-likeness (QED) is 0.574. The summed E-state index contributed by atoms with van der Waals surface area (Å²) in [4.78, 5) is 0. The van der Waals surface area contributed by atoms with E-state index in [0.29, 0.717) is 0 Å². The molecule has 0 aliphatic carbocycles. The minimum absolute atomic E-state index is 0.876. The van der Waals surface area contributed by atoms with Gasteiger partial charge in [-0.25, -0.2) is 0 Å². The van der Waals surface area contributed by atoms with Crippen LogP contribution in [-0.2, 0) is 6.42 Å². The predicted octanol–water partition coefficient (Wildman–Crippen LogP) is 5.99. The smallest absolute Gasteiger partial charge is 0.127 e. The SMILES string of the molecule is Cc1ccc(Cc2cc(Oc3ccc(C)cc3)ccc2C)cc1. The second-order valence-electron chi connectivity index (χ2n) is 6.17. The summed E-state index contributed by atoms with van der Waals surface area (Å²) < 4.78 is 5.99. The van der Waals surface area contributed by atoms with Crippen LogP contribution in [0.4, 0.5) is 0 Å². The molecule has 0 bridgehead atoms. The fourth-order valence-electron chi connectivity index (χ4n) is 2.57. The van der Waals surface area contributed by atoms with Gasteiger partial charge in [-0.15, -0.1) is 0 Å². The van der Waals surface area contributed by atoms with Crippen LogP contribution in [0.5, 0.6) is 11.5 Å². The molecular formula is C22H22O. The van der Waals surface area contributed by atoms with Gasteiger partial charge in [-0.1, -0.05) is 53.6 Å². The molecule has 1 nitrogen and oxygen atoms in total. The zero-order chi connectivity index (χ0) is 16.2. The van der Waals surface area contributed by atoms with E-state index < -0.39 is 0 Å². The van der Waals surface area contributed by atoms with Crippen LogP contribution >= 0.6 is 0 Å². The van der Waals surface area contributed by atoms with Crippen molar-refractivity contribution in [3.05, 3.63) is 94.5 Å². The number of hydrogen-bond acceptors (Lipinski definition) is 1. The van der Waals surface area contributed by atoms with Crippen LogP contribution in [0.25, 0.3) is 0 Å². The van der Waals surface area contributed by atoms with E-state index in [1.807, 2.05) is 18.2 Å². The molecule has 0 saturated heterocycles. The fraction of sp³-hybridized carbons (Fsp3) is 0.182. The largest absolute Gasteiger partial charge is 0.457 e. The van der Waals surface area contributed by atoms with Crippen molar-refractivity contribution in [1.29, 1.82) is 0 Å². The van der Waals surface area contributed by atoms with Gasteiger partial charge in [0.05, 0.1) is 0 Å². The van der Waals surface area contributed by atoms with Gasteiger partial charge in [-0.05, 0) is 68.1 Å². The molecule has 0 unspecified atom stereocenters. The zero-order valence-corrected chi connectivity index (χ0v) is 14.0. The maximum absolute atomic E-state index is 5.99. The standard InChI is InChI=1S/C22H22O/c1-16-4-9-19(10-5-16)14-20-15-22(13-8-18(20)3)23-21-11-6-17(2)7-12-21/h4-13,15H,14H2,1-3H3. The van der Waals surface area contributed by atoms with Crippen LogP contribution in [0.3, 0.4) is 0 Å². The molecule has 0 saturated carbocycles. The third kappa shape index (κ3) is 4.01. The predicted molar refractivity (Wildman–Crippen MR) is 96.4 cm³/mol. The van der Waals surface area contributed by atoms with Crippen molar-refractivity contribution in [3.8, 4) is 11.5 Å². The summed E-state index contributed by atoms with van der Waals surface area (Å²) in [5, 5.41) is 0. The number of aryl methyl sites for hydroxylation is 3. The molecule has 23 heavy (non-hydrogen) atoms. The van der Waals surface area contributed by atoms with Gasteiger partial charge in [0, 0.05) is 0 Å². The lowest BCUT2D eigenvalue weighted by Crippen LogP contribution is -1.94. The van der Waals surface area contributed by atoms with Crippen LogP contribution < -0.4 is 4.74 Å². The minimum atomic E-state index is 0.876. The molecule has 3 aromatic rings. The van der Waals surface area contributed by atoms with Gasteiger partial charge in [0.25, 0.3) is 0 Å². The lowest BCUT2D eigenvalue weighted by Gasteiger charge is -2.11. The Morgan fingerprint density at radius 3 is 1.87 bits per heavy atom. The van der Waals surface area contributed by atoms with Crippen LogP contribution in [0.15, 0.2) is 66.7 Å². The van der Waals surface area contributed by atoms with E-state index >= 15 is 0 Å². The molecule has 0 N–H and O–H groups in total. The first kappa shape index (κ1) is 15.4. The van der Waals surface area contributed by atoms with Crippen molar-refractivity contribution in [3.63, 3.8) is 0 Å². The van der Waals surface area contributed by atoms with Gasteiger partial charge in [0.1, 0.15) is 11.5 Å². The number of hydrogen-bond donors (Lipinski definition) is 0. The Bertz CT molecular complexity index is 783. The monoisotopic (exact) mass is 302 g/mol. The lowest BCUT2D eigenvalue weighted by molar-refractivity contribution is 0.482. The molecule has 0 aliphatic rings. The van der Waals surface area contributed by atoms with Crippen molar-refractivity contribution in [2.24, 2.45) is 0 Å². The molecular weight excluding hydrogens is 280 g/mol. The van der Waals surface area contributed by atoms with Crippen molar-refractivity contribution in [2.75, 3.05) is 0 Å². The topological polar surface area (TPSA) is 9.23 Å². The lowest BCUT2D eigenvalue weighted by atomic mass is 9.99. The van der Waals surface area contributed by atoms with Gasteiger partial charge >= 0.3 is 0 Å². The van der Waals surface area contributed by atoms with Crippen molar-refractivity contribution < 1.29 is 4.74 Å². The summed E-state index contributed by atoms with van der Waals surface area (Å²) in [7, 11) is 0. The van der Waals surface area contributed by atoms with Crippen molar-refractivity contribution in [1.82, 2.24) is 0 Å². The van der Waals surface area contributed by atoms with Gasteiger partial charge < -0.3 is 4.74 Å². The first-order valence-corrected chi connectivity index (χ1v) is 8.00. The third-order valence-corrected chi connectivity index (χ3v) is 4.09. The normalized spacial score (nSPS) is 10.6. The Balaban J connectivity index is 1.81. The van der Waals surface area contributed by atoms with E-state index in [1.165, 1.54) is 27.8 Å². The first-order chi connectivity index (χ1) is 11.1. The summed E-state index contributed by atoms with van der Waals surface area (Å²) in [5.41, 5.74) is 6.45. The Kier molecular flexibility index (Phi) is 4.47. The van der Waals surface area contributed by atoms with Crippen LogP contribution in [-0.4, -0.2) is 0 Å². The molecule has 3 aromatic carbocycles. The molecule has 0 heterocycles. The summed E-state index contributed by atoms with van der Waals surface area (Å²) in [6.07, 6.45) is 0.928. The Morgan fingerprint density at radius 2 is 1.22 bits per heavy atom. The molecule has 0 spiro atoms. The van der Waals surface area contributed by atoms with Gasteiger partial charge in [-0.3, -0.25) is 0 Å². The molecule has 0 amide bonds. The Hall–Kier alpha value is -2.54. The van der Waals surface area contributed by atoms with Gasteiger partial charge in [0.15, 0.2) is 0 Å². The molecule has 3 rings (SSSR count). The highest BCUT2D eigenvalue weighted by Gasteiger charge is 2.04. The van der Waals surface area contributed by atoms with Crippen LogP contribution in [0.1, 0.15) is 27.8 Å². The van der Waals surface area contributed by atoms with Crippen molar-refractivity contribution in [2.45, 2.75) is 27.2 Å². The molecule has 1 heteroatoms. The Labute approximate surface area is 138 Å². The zero-order valence-electron chi connectivity index (χ0n) is 14.0. The highest BCUT2D eigenvalue weighted by Crippen LogP contribution is 2.25. The van der Waals surface area contributed by atoms with E-state index in [2.05, 4.69) is 69.3 Å². The van der Waals surface area contributed by atoms with Gasteiger partial charge in [0.2, 0.25) is 0 Å². The van der Waals surface area contributed by atoms with E-state index in [1.54, 1.807) is 0 Å². The first-order valence-electron chi connectivity index (χ1n) is 8.00. The summed E-state index contributed by atoms with van der Waals surface area (Å²) in [6.45, 7) is 6.35. The maximum atomic E-state index is 5.99. The second-order valence-corrected chi connectivity index (χ2v) is 6.17. The molecule has 0 atom stereocenters. The number of benzene rings is 3. The van der Waals surface area contributed by atoms with E-state index in [0.717, 1.165) is 17.9 Å². The second kappa shape index (κ2) is 6.70. The number of rotatable bonds is 4. The molecule has 0 fully saturated rings. The maximum Gasteiger partial charge on any atom is 0.127 e. The molecule has 0 aromatic heterocycles. The van der Waals surface area contributed by atoms with E-state index in [-0.39, 0.29) is 0 Å². The highest BCUT2D eigenvalue weighted by atomic mass is 16.5. The summed E-state index contributed by atoms with van der Waals surface area (Å²) >= 11 is 0. The molecule has 0 radical (unpaired) electrons. The fourth-order valence-corrected chi connectivity index (χ4v) is 2.57. The van der Waals surface area contributed by atoms with Crippen LogP contribution in [0.2, 0.25) is 0 Å². The molecule has 0 aliphatic heterocycles. The van der Waals surface area contributed by atoms with Crippen LogP contribution in [0, 0.1) is 20.8 Å². The van der Waals surface area contributed by atoms with Crippen molar-refractivity contribution >= 4 is 0 Å². The average Bonchev–Trinajstić information content (AvgIpc) is 2.55.